The summed E-state index contributed by atoms with van der Waals surface area (Å²) >= 11 is 6.18. The van der Waals surface area contributed by atoms with Gasteiger partial charge in [-0.3, -0.25) is 4.79 Å². The SMILES string of the molecule is CCOc1ccc(S(=O)(=O)N2CCC[C@H](C(=O)Nc3cc(C)ccc3OC)C2)cc1Cl. The Morgan fingerprint density at radius 3 is 2.65 bits per heavy atom. The van der Waals surface area contributed by atoms with Crippen LogP contribution in [-0.4, -0.2) is 45.4 Å². The Balaban J connectivity index is 1.76. The Bertz CT molecular complexity index is 1060. The van der Waals surface area contributed by atoms with Gasteiger partial charge in [-0.15, -0.1) is 0 Å². The molecule has 1 N–H and O–H groups in total. The summed E-state index contributed by atoms with van der Waals surface area (Å²) in [7, 11) is -2.25. The topological polar surface area (TPSA) is 84.9 Å². The molecule has 2 aromatic rings. The lowest BCUT2D eigenvalue weighted by Gasteiger charge is -2.31. The van der Waals surface area contributed by atoms with Crippen molar-refractivity contribution in [3.8, 4) is 11.5 Å². The van der Waals surface area contributed by atoms with Gasteiger partial charge in [-0.25, -0.2) is 8.42 Å². The van der Waals surface area contributed by atoms with E-state index in [1.807, 2.05) is 26.0 Å². The van der Waals surface area contributed by atoms with Gasteiger partial charge in [0.15, 0.2) is 0 Å². The summed E-state index contributed by atoms with van der Waals surface area (Å²) in [6.07, 6.45) is 1.20. The van der Waals surface area contributed by atoms with Crippen LogP contribution in [-0.2, 0) is 14.8 Å². The van der Waals surface area contributed by atoms with E-state index in [2.05, 4.69) is 5.32 Å². The molecule has 31 heavy (non-hydrogen) atoms. The van der Waals surface area contributed by atoms with Crippen LogP contribution >= 0.6 is 11.6 Å². The first kappa shape index (κ1) is 23.4. The molecule has 1 atom stereocenters. The van der Waals surface area contributed by atoms with Crippen molar-refractivity contribution in [2.45, 2.75) is 31.6 Å². The van der Waals surface area contributed by atoms with E-state index in [9.17, 15) is 13.2 Å². The van der Waals surface area contributed by atoms with E-state index >= 15 is 0 Å². The maximum absolute atomic E-state index is 13.2. The van der Waals surface area contributed by atoms with Crippen molar-refractivity contribution in [1.29, 1.82) is 0 Å². The van der Waals surface area contributed by atoms with Gasteiger partial charge in [-0.05, 0) is 62.6 Å². The highest BCUT2D eigenvalue weighted by molar-refractivity contribution is 7.89. The van der Waals surface area contributed by atoms with E-state index in [1.54, 1.807) is 12.1 Å². The number of halogens is 1. The highest BCUT2D eigenvalue weighted by atomic mass is 35.5. The standard InChI is InChI=1S/C22H27ClN2O5S/c1-4-30-20-10-8-17(13-18(20)23)31(27,28)25-11-5-6-16(14-25)22(26)24-19-12-15(2)7-9-21(19)29-3/h7-10,12-13,16H,4-6,11,14H2,1-3H3,(H,24,26)/t16-/m0/s1. The van der Waals surface area contributed by atoms with Crippen molar-refractivity contribution in [2.75, 3.05) is 32.1 Å². The molecule has 9 heteroatoms. The van der Waals surface area contributed by atoms with Gasteiger partial charge in [0.2, 0.25) is 15.9 Å². The Labute approximate surface area is 188 Å². The van der Waals surface area contributed by atoms with Gasteiger partial charge in [-0.2, -0.15) is 4.31 Å². The minimum Gasteiger partial charge on any atom is -0.495 e. The van der Waals surface area contributed by atoms with Crippen LogP contribution in [0.3, 0.4) is 0 Å². The fraction of sp³-hybridized carbons (Fsp3) is 0.409. The van der Waals surface area contributed by atoms with Gasteiger partial charge in [0.25, 0.3) is 0 Å². The molecule has 0 aromatic heterocycles. The lowest BCUT2D eigenvalue weighted by molar-refractivity contribution is -0.120. The highest BCUT2D eigenvalue weighted by Gasteiger charge is 2.34. The summed E-state index contributed by atoms with van der Waals surface area (Å²) in [6.45, 7) is 4.64. The molecule has 0 saturated carbocycles. The van der Waals surface area contributed by atoms with Gasteiger partial charge >= 0.3 is 0 Å². The monoisotopic (exact) mass is 466 g/mol. The molecule has 1 heterocycles. The van der Waals surface area contributed by atoms with E-state index in [0.29, 0.717) is 43.2 Å². The van der Waals surface area contributed by atoms with Crippen LogP contribution in [0.1, 0.15) is 25.3 Å². The number of anilines is 1. The Kier molecular flexibility index (Phi) is 7.46. The minimum atomic E-state index is -3.79. The van der Waals surface area contributed by atoms with E-state index in [4.69, 9.17) is 21.1 Å². The third kappa shape index (κ3) is 5.31. The molecule has 3 rings (SSSR count). The smallest absolute Gasteiger partial charge is 0.243 e. The second-order valence-electron chi connectivity index (χ2n) is 7.42. The van der Waals surface area contributed by atoms with Crippen molar-refractivity contribution in [3.05, 3.63) is 47.0 Å². The number of carbonyl (C=O) groups is 1. The number of carbonyl (C=O) groups excluding carboxylic acids is 1. The first-order valence-corrected chi connectivity index (χ1v) is 12.0. The zero-order valence-electron chi connectivity index (χ0n) is 17.9. The largest absolute Gasteiger partial charge is 0.495 e. The number of nitrogens with one attached hydrogen (secondary N) is 1. The molecule has 0 aliphatic carbocycles. The third-order valence-electron chi connectivity index (χ3n) is 5.21. The number of nitrogens with zero attached hydrogens (tertiary/aromatic N) is 1. The quantitative estimate of drug-likeness (QED) is 0.664. The molecule has 0 spiro atoms. The van der Waals surface area contributed by atoms with E-state index < -0.39 is 15.9 Å². The molecule has 0 bridgehead atoms. The summed E-state index contributed by atoms with van der Waals surface area (Å²) in [4.78, 5) is 13.0. The molecular formula is C22H27ClN2O5S. The second kappa shape index (κ2) is 9.89. The number of ether oxygens (including phenoxy) is 2. The number of aryl methyl sites for hydroxylation is 1. The summed E-state index contributed by atoms with van der Waals surface area (Å²) in [5.41, 5.74) is 1.56. The number of methoxy groups -OCH3 is 1. The van der Waals surface area contributed by atoms with Gasteiger partial charge in [0.1, 0.15) is 11.5 Å². The van der Waals surface area contributed by atoms with E-state index in [0.717, 1.165) is 5.56 Å². The number of amides is 1. The van der Waals surface area contributed by atoms with Crippen molar-refractivity contribution in [1.82, 2.24) is 4.31 Å². The molecule has 1 amide bonds. The Hall–Kier alpha value is -2.29. The van der Waals surface area contributed by atoms with Crippen molar-refractivity contribution >= 4 is 33.2 Å². The van der Waals surface area contributed by atoms with Gasteiger partial charge in [0.05, 0.1) is 35.2 Å². The maximum Gasteiger partial charge on any atom is 0.243 e. The Morgan fingerprint density at radius 1 is 1.23 bits per heavy atom. The molecule has 2 aromatic carbocycles. The summed E-state index contributed by atoms with van der Waals surface area (Å²) < 4.78 is 38.4. The minimum absolute atomic E-state index is 0.0855. The number of hydrogen-bond donors (Lipinski definition) is 1. The normalized spacial score (nSPS) is 17.2. The predicted octanol–water partition coefficient (Wildman–Crippen LogP) is 4.10. The van der Waals surface area contributed by atoms with Crippen LogP contribution in [0.25, 0.3) is 0 Å². The lowest BCUT2D eigenvalue weighted by Crippen LogP contribution is -2.43. The average molecular weight is 467 g/mol. The molecule has 7 nitrogen and oxygen atoms in total. The van der Waals surface area contributed by atoms with Crippen LogP contribution < -0.4 is 14.8 Å². The zero-order chi connectivity index (χ0) is 22.6. The van der Waals surface area contributed by atoms with E-state index in [1.165, 1.54) is 23.5 Å². The zero-order valence-corrected chi connectivity index (χ0v) is 19.4. The van der Waals surface area contributed by atoms with Gasteiger partial charge in [0, 0.05) is 13.1 Å². The molecule has 0 radical (unpaired) electrons. The first-order chi connectivity index (χ1) is 14.8. The van der Waals surface area contributed by atoms with Crippen LogP contribution in [0.5, 0.6) is 11.5 Å². The molecule has 1 aliphatic rings. The fourth-order valence-corrected chi connectivity index (χ4v) is 5.44. The van der Waals surface area contributed by atoms with Crippen LogP contribution in [0.15, 0.2) is 41.3 Å². The molecular weight excluding hydrogens is 440 g/mol. The maximum atomic E-state index is 13.2. The second-order valence-corrected chi connectivity index (χ2v) is 9.77. The van der Waals surface area contributed by atoms with Crippen molar-refractivity contribution in [3.63, 3.8) is 0 Å². The number of piperidine rings is 1. The van der Waals surface area contributed by atoms with Crippen LogP contribution in [0.2, 0.25) is 5.02 Å². The number of sulfonamides is 1. The predicted molar refractivity (Wildman–Crippen MR) is 120 cm³/mol. The highest BCUT2D eigenvalue weighted by Crippen LogP contribution is 2.31. The number of benzene rings is 2. The van der Waals surface area contributed by atoms with Crippen molar-refractivity contribution in [2.24, 2.45) is 5.92 Å². The third-order valence-corrected chi connectivity index (χ3v) is 7.37. The molecule has 168 valence electrons. The van der Waals surface area contributed by atoms with Gasteiger partial charge < -0.3 is 14.8 Å². The first-order valence-electron chi connectivity index (χ1n) is 10.1. The fourth-order valence-electron chi connectivity index (χ4n) is 3.59. The molecule has 0 unspecified atom stereocenters. The molecule has 1 aliphatic heterocycles. The summed E-state index contributed by atoms with van der Waals surface area (Å²) in [6, 6.07) is 9.94. The lowest BCUT2D eigenvalue weighted by atomic mass is 9.98. The summed E-state index contributed by atoms with van der Waals surface area (Å²) in [5.74, 6) is 0.301. The van der Waals surface area contributed by atoms with Crippen LogP contribution in [0.4, 0.5) is 5.69 Å². The van der Waals surface area contributed by atoms with Crippen molar-refractivity contribution < 1.29 is 22.7 Å². The van der Waals surface area contributed by atoms with E-state index in [-0.39, 0.29) is 22.4 Å². The number of hydrogen-bond acceptors (Lipinski definition) is 5. The summed E-state index contributed by atoms with van der Waals surface area (Å²) in [5, 5.41) is 3.13. The Morgan fingerprint density at radius 2 is 1.97 bits per heavy atom. The van der Waals surface area contributed by atoms with Gasteiger partial charge in [-0.1, -0.05) is 17.7 Å². The molecule has 1 fully saturated rings. The average Bonchev–Trinajstić information content (AvgIpc) is 2.75. The molecule has 1 saturated heterocycles. The van der Waals surface area contributed by atoms with Crippen LogP contribution in [0, 0.1) is 12.8 Å². The number of rotatable bonds is 7.